The van der Waals surface area contributed by atoms with Crippen LogP contribution in [0.1, 0.15) is 4.88 Å². The highest BCUT2D eigenvalue weighted by atomic mass is 32.1. The Morgan fingerprint density at radius 1 is 1.33 bits per heavy atom. The average Bonchev–Trinajstić information content (AvgIpc) is 3.15. The smallest absolute Gasteiger partial charge is 0.266 e. The molecule has 0 saturated carbocycles. The van der Waals surface area contributed by atoms with Gasteiger partial charge in [-0.05, 0) is 29.7 Å². The van der Waals surface area contributed by atoms with Gasteiger partial charge in [-0.15, -0.1) is 11.3 Å². The zero-order valence-electron chi connectivity index (χ0n) is 10.8. The minimum atomic E-state index is -0.454. The highest BCUT2D eigenvalue weighted by Crippen LogP contribution is 2.34. The molecular formula is C15H10N2O3S. The lowest BCUT2D eigenvalue weighted by Gasteiger charge is -2.05. The minimum absolute atomic E-state index is 0.0510. The van der Waals surface area contributed by atoms with Crippen LogP contribution in [0, 0.1) is 11.3 Å². The Balaban J connectivity index is 1.78. The monoisotopic (exact) mass is 298 g/mol. The lowest BCUT2D eigenvalue weighted by atomic mass is 10.2. The lowest BCUT2D eigenvalue weighted by Crippen LogP contribution is -2.13. The summed E-state index contributed by atoms with van der Waals surface area (Å²) >= 11 is 1.46. The van der Waals surface area contributed by atoms with Gasteiger partial charge in [-0.25, -0.2) is 0 Å². The van der Waals surface area contributed by atoms with Gasteiger partial charge in [0.25, 0.3) is 5.91 Å². The van der Waals surface area contributed by atoms with Crippen molar-refractivity contribution in [1.29, 1.82) is 5.26 Å². The molecule has 0 aliphatic carbocycles. The molecule has 1 aromatic heterocycles. The Bertz CT molecular complexity index is 745. The molecule has 0 saturated heterocycles. The summed E-state index contributed by atoms with van der Waals surface area (Å²) in [7, 11) is 0. The number of rotatable bonds is 3. The number of nitriles is 1. The first kappa shape index (κ1) is 13.2. The van der Waals surface area contributed by atoms with Gasteiger partial charge in [-0.1, -0.05) is 6.07 Å². The summed E-state index contributed by atoms with van der Waals surface area (Å²) in [4.78, 5) is 13.0. The van der Waals surface area contributed by atoms with E-state index >= 15 is 0 Å². The zero-order valence-corrected chi connectivity index (χ0v) is 11.6. The molecule has 2 aromatic rings. The van der Waals surface area contributed by atoms with Crippen LogP contribution in [-0.2, 0) is 4.79 Å². The second kappa shape index (κ2) is 5.69. The molecule has 2 heterocycles. The van der Waals surface area contributed by atoms with Gasteiger partial charge in [0.15, 0.2) is 11.5 Å². The molecule has 104 valence electrons. The number of fused-ring (bicyclic) bond motifs is 1. The number of anilines is 1. The van der Waals surface area contributed by atoms with E-state index < -0.39 is 5.91 Å². The van der Waals surface area contributed by atoms with Gasteiger partial charge in [0.1, 0.15) is 11.6 Å². The van der Waals surface area contributed by atoms with E-state index in [2.05, 4.69) is 5.32 Å². The molecule has 0 atom stereocenters. The topological polar surface area (TPSA) is 71.4 Å². The van der Waals surface area contributed by atoms with Crippen LogP contribution in [0.3, 0.4) is 0 Å². The molecule has 1 N–H and O–H groups in total. The molecule has 0 bridgehead atoms. The van der Waals surface area contributed by atoms with Crippen LogP contribution >= 0.6 is 11.3 Å². The Morgan fingerprint density at radius 2 is 2.19 bits per heavy atom. The predicted molar refractivity (Wildman–Crippen MR) is 79.1 cm³/mol. The summed E-state index contributed by atoms with van der Waals surface area (Å²) < 4.78 is 10.4. The van der Waals surface area contributed by atoms with Crippen LogP contribution in [0.5, 0.6) is 11.5 Å². The number of ether oxygens (including phenoxy) is 2. The second-order valence-corrected chi connectivity index (χ2v) is 5.19. The van der Waals surface area contributed by atoms with Crippen molar-refractivity contribution in [3.05, 3.63) is 46.2 Å². The maximum Gasteiger partial charge on any atom is 0.266 e. The highest BCUT2D eigenvalue weighted by Gasteiger charge is 2.15. The first-order valence-electron chi connectivity index (χ1n) is 6.12. The fourth-order valence-electron chi connectivity index (χ4n) is 1.84. The van der Waals surface area contributed by atoms with Crippen molar-refractivity contribution in [2.24, 2.45) is 0 Å². The standard InChI is InChI=1S/C15H10N2O3S/c16-8-10(6-12-2-1-5-21-12)15(18)17-11-3-4-13-14(7-11)20-9-19-13/h1-7H,9H2,(H,17,18). The molecule has 6 heteroatoms. The van der Waals surface area contributed by atoms with Gasteiger partial charge < -0.3 is 14.8 Å². The van der Waals surface area contributed by atoms with E-state index in [4.69, 9.17) is 14.7 Å². The van der Waals surface area contributed by atoms with Crippen molar-refractivity contribution in [2.45, 2.75) is 0 Å². The number of nitrogens with one attached hydrogen (secondary N) is 1. The number of hydrogen-bond donors (Lipinski definition) is 1. The van der Waals surface area contributed by atoms with Crippen LogP contribution in [0.25, 0.3) is 6.08 Å². The van der Waals surface area contributed by atoms with Crippen LogP contribution in [0.15, 0.2) is 41.3 Å². The van der Waals surface area contributed by atoms with Gasteiger partial charge in [-0.2, -0.15) is 5.26 Å². The molecule has 0 unspecified atom stereocenters. The first-order valence-corrected chi connectivity index (χ1v) is 7.00. The van der Waals surface area contributed by atoms with Crippen molar-refractivity contribution in [3.8, 4) is 17.6 Å². The summed E-state index contributed by atoms with van der Waals surface area (Å²) in [5, 5.41) is 13.7. The summed E-state index contributed by atoms with van der Waals surface area (Å²) in [6.07, 6.45) is 1.56. The van der Waals surface area contributed by atoms with E-state index in [1.165, 1.54) is 11.3 Å². The van der Waals surface area contributed by atoms with Gasteiger partial charge in [0.2, 0.25) is 6.79 Å². The van der Waals surface area contributed by atoms with Crippen molar-refractivity contribution in [3.63, 3.8) is 0 Å². The quantitative estimate of drug-likeness (QED) is 0.698. The minimum Gasteiger partial charge on any atom is -0.454 e. The summed E-state index contributed by atoms with van der Waals surface area (Å²) in [6.45, 7) is 0.175. The number of benzene rings is 1. The normalized spacial score (nSPS) is 12.8. The van der Waals surface area contributed by atoms with E-state index in [0.29, 0.717) is 17.2 Å². The van der Waals surface area contributed by atoms with Crippen LogP contribution < -0.4 is 14.8 Å². The average molecular weight is 298 g/mol. The lowest BCUT2D eigenvalue weighted by molar-refractivity contribution is -0.112. The maximum atomic E-state index is 12.1. The molecule has 1 amide bonds. The van der Waals surface area contributed by atoms with Crippen molar-refractivity contribution >= 4 is 29.0 Å². The molecular weight excluding hydrogens is 288 g/mol. The Hall–Kier alpha value is -2.78. The van der Waals surface area contributed by atoms with Crippen molar-refractivity contribution < 1.29 is 14.3 Å². The molecule has 21 heavy (non-hydrogen) atoms. The summed E-state index contributed by atoms with van der Waals surface area (Å²) in [6, 6.07) is 10.7. The number of thiophene rings is 1. The third kappa shape index (κ3) is 2.88. The van der Waals surface area contributed by atoms with Crippen LogP contribution in [0.4, 0.5) is 5.69 Å². The summed E-state index contributed by atoms with van der Waals surface area (Å²) in [5.74, 6) is 0.765. The van der Waals surface area contributed by atoms with Gasteiger partial charge in [0.05, 0.1) is 0 Å². The predicted octanol–water partition coefficient (Wildman–Crippen LogP) is 3.02. The number of nitrogens with zero attached hydrogens (tertiary/aromatic N) is 1. The van der Waals surface area contributed by atoms with E-state index in [-0.39, 0.29) is 12.4 Å². The van der Waals surface area contributed by atoms with Gasteiger partial charge in [-0.3, -0.25) is 4.79 Å². The number of carbonyl (C=O) groups is 1. The summed E-state index contributed by atoms with van der Waals surface area (Å²) in [5.41, 5.74) is 0.603. The highest BCUT2D eigenvalue weighted by molar-refractivity contribution is 7.10. The SMILES string of the molecule is N#CC(=Cc1cccs1)C(=O)Nc1ccc2c(c1)OCO2. The van der Waals surface area contributed by atoms with E-state index in [0.717, 1.165) is 4.88 Å². The molecule has 0 radical (unpaired) electrons. The zero-order chi connectivity index (χ0) is 14.7. The molecule has 5 nitrogen and oxygen atoms in total. The number of amides is 1. The van der Waals surface area contributed by atoms with Gasteiger partial charge >= 0.3 is 0 Å². The van der Waals surface area contributed by atoms with E-state index in [9.17, 15) is 4.79 Å². The van der Waals surface area contributed by atoms with Crippen LogP contribution in [0.2, 0.25) is 0 Å². The van der Waals surface area contributed by atoms with Gasteiger partial charge in [0, 0.05) is 16.6 Å². The molecule has 1 aliphatic rings. The Morgan fingerprint density at radius 3 is 2.95 bits per heavy atom. The Labute approximate surface area is 125 Å². The molecule has 1 aliphatic heterocycles. The number of hydrogen-bond acceptors (Lipinski definition) is 5. The first-order chi connectivity index (χ1) is 10.3. The van der Waals surface area contributed by atoms with E-state index in [1.807, 2.05) is 23.6 Å². The fraction of sp³-hybridized carbons (Fsp3) is 0.0667. The maximum absolute atomic E-state index is 12.1. The third-order valence-corrected chi connectivity index (χ3v) is 3.64. The van der Waals surface area contributed by atoms with Crippen LogP contribution in [-0.4, -0.2) is 12.7 Å². The fourth-order valence-corrected chi connectivity index (χ4v) is 2.49. The molecule has 3 rings (SSSR count). The molecule has 1 aromatic carbocycles. The number of carbonyl (C=O) groups excluding carboxylic acids is 1. The molecule has 0 spiro atoms. The second-order valence-electron chi connectivity index (χ2n) is 4.21. The largest absolute Gasteiger partial charge is 0.454 e. The third-order valence-electron chi connectivity index (χ3n) is 2.83. The van der Waals surface area contributed by atoms with Crippen molar-refractivity contribution in [1.82, 2.24) is 0 Å². The molecule has 0 fully saturated rings. The van der Waals surface area contributed by atoms with E-state index in [1.54, 1.807) is 24.3 Å². The van der Waals surface area contributed by atoms with Crippen molar-refractivity contribution in [2.75, 3.05) is 12.1 Å². The Kier molecular flexibility index (Phi) is 3.58.